The highest BCUT2D eigenvalue weighted by molar-refractivity contribution is 7.88. The third-order valence-electron chi connectivity index (χ3n) is 2.17. The first-order valence-corrected chi connectivity index (χ1v) is 6.74. The molecule has 0 saturated carbocycles. The Hall–Kier alpha value is -1.51. The largest absolute Gasteiger partial charge is 0.398 e. The lowest BCUT2D eigenvalue weighted by Crippen LogP contribution is -2.42. The molecule has 5 heteroatoms. The zero-order valence-corrected chi connectivity index (χ0v) is 10.7. The molecule has 4 nitrogen and oxygen atoms in total. The van der Waals surface area contributed by atoms with Gasteiger partial charge in [0.05, 0.1) is 11.3 Å². The van der Waals surface area contributed by atoms with Gasteiger partial charge in [0.2, 0.25) is 10.0 Å². The van der Waals surface area contributed by atoms with Crippen LogP contribution in [0.5, 0.6) is 0 Å². The van der Waals surface area contributed by atoms with Crippen molar-refractivity contribution in [3.05, 3.63) is 29.8 Å². The van der Waals surface area contributed by atoms with Crippen molar-refractivity contribution in [3.8, 4) is 12.3 Å². The number of rotatable bonds is 4. The molecule has 0 aliphatic rings. The maximum atomic E-state index is 11.9. The minimum Gasteiger partial charge on any atom is -0.398 e. The summed E-state index contributed by atoms with van der Waals surface area (Å²) in [5, 5.41) is 0. The monoisotopic (exact) mass is 252 g/mol. The van der Waals surface area contributed by atoms with E-state index in [2.05, 4.69) is 10.6 Å². The van der Waals surface area contributed by atoms with Crippen LogP contribution in [0.4, 0.5) is 5.69 Å². The van der Waals surface area contributed by atoms with Gasteiger partial charge in [-0.3, -0.25) is 0 Å². The summed E-state index contributed by atoms with van der Waals surface area (Å²) in [5.41, 5.74) is 5.81. The number of nitrogens with one attached hydrogen (secondary N) is 1. The summed E-state index contributed by atoms with van der Waals surface area (Å²) in [6.45, 7) is 3.25. The third kappa shape index (κ3) is 4.10. The van der Waals surface area contributed by atoms with E-state index in [0.29, 0.717) is 11.3 Å². The Morgan fingerprint density at radius 3 is 2.53 bits per heavy atom. The summed E-state index contributed by atoms with van der Waals surface area (Å²) >= 11 is 0. The molecule has 1 aromatic rings. The van der Waals surface area contributed by atoms with Crippen molar-refractivity contribution in [1.82, 2.24) is 4.72 Å². The second-order valence-corrected chi connectivity index (χ2v) is 6.05. The molecule has 3 N–H and O–H groups in total. The van der Waals surface area contributed by atoms with Crippen LogP contribution in [0.1, 0.15) is 19.4 Å². The van der Waals surface area contributed by atoms with Crippen LogP contribution in [-0.2, 0) is 15.8 Å². The highest BCUT2D eigenvalue weighted by atomic mass is 32.2. The third-order valence-corrected chi connectivity index (χ3v) is 3.68. The standard InChI is InChI=1S/C12H16N2O2S/c1-4-12(2,3)14-17(15,16)9-10-7-5-6-8-11(10)13/h1,5-8,14H,9,13H2,2-3H3. The lowest BCUT2D eigenvalue weighted by molar-refractivity contribution is 0.538. The van der Waals surface area contributed by atoms with Crippen LogP contribution in [0.15, 0.2) is 24.3 Å². The van der Waals surface area contributed by atoms with E-state index in [1.54, 1.807) is 38.1 Å². The molecule has 92 valence electrons. The van der Waals surface area contributed by atoms with Gasteiger partial charge in [-0.1, -0.05) is 24.1 Å². The van der Waals surface area contributed by atoms with Crippen LogP contribution in [0.3, 0.4) is 0 Å². The zero-order valence-electron chi connectivity index (χ0n) is 9.90. The Bertz CT molecular complexity index is 542. The van der Waals surface area contributed by atoms with Crippen molar-refractivity contribution >= 4 is 15.7 Å². The second-order valence-electron chi connectivity index (χ2n) is 4.33. The molecule has 0 unspecified atom stereocenters. The van der Waals surface area contributed by atoms with E-state index in [4.69, 9.17) is 12.2 Å². The molecule has 0 heterocycles. The highest BCUT2D eigenvalue weighted by Gasteiger charge is 2.23. The van der Waals surface area contributed by atoms with E-state index in [-0.39, 0.29) is 5.75 Å². The smallest absolute Gasteiger partial charge is 0.217 e. The van der Waals surface area contributed by atoms with Crippen LogP contribution >= 0.6 is 0 Å². The van der Waals surface area contributed by atoms with Gasteiger partial charge < -0.3 is 5.73 Å². The number of nitrogen functional groups attached to an aromatic ring is 1. The average Bonchev–Trinajstić information content (AvgIpc) is 2.20. The summed E-state index contributed by atoms with van der Waals surface area (Å²) in [6.07, 6.45) is 5.24. The molecular weight excluding hydrogens is 236 g/mol. The van der Waals surface area contributed by atoms with Crippen molar-refractivity contribution in [2.24, 2.45) is 0 Å². The van der Waals surface area contributed by atoms with E-state index in [1.165, 1.54) is 0 Å². The normalized spacial score (nSPS) is 12.1. The van der Waals surface area contributed by atoms with E-state index >= 15 is 0 Å². The number of sulfonamides is 1. The molecule has 0 fully saturated rings. The number of para-hydroxylation sites is 1. The molecule has 17 heavy (non-hydrogen) atoms. The van der Waals surface area contributed by atoms with Gasteiger partial charge in [0.1, 0.15) is 0 Å². The number of anilines is 1. The lowest BCUT2D eigenvalue weighted by Gasteiger charge is -2.19. The van der Waals surface area contributed by atoms with Gasteiger partial charge in [-0.15, -0.1) is 6.42 Å². The van der Waals surface area contributed by atoms with Crippen LogP contribution < -0.4 is 10.5 Å². The molecule has 1 aromatic carbocycles. The van der Waals surface area contributed by atoms with E-state index in [1.807, 2.05) is 0 Å². The predicted octanol–water partition coefficient (Wildman–Crippen LogP) is 1.10. The maximum absolute atomic E-state index is 11.9. The molecule has 1 rings (SSSR count). The zero-order chi connectivity index (χ0) is 13.1. The second kappa shape index (κ2) is 4.78. The van der Waals surface area contributed by atoms with Gasteiger partial charge in [0.25, 0.3) is 0 Å². The number of hydrogen-bond donors (Lipinski definition) is 2. The van der Waals surface area contributed by atoms with Gasteiger partial charge in [0.15, 0.2) is 0 Å². The van der Waals surface area contributed by atoms with E-state index in [9.17, 15) is 8.42 Å². The molecule has 0 bridgehead atoms. The summed E-state index contributed by atoms with van der Waals surface area (Å²) < 4.78 is 26.2. The molecule has 0 aromatic heterocycles. The van der Waals surface area contributed by atoms with Gasteiger partial charge in [-0.2, -0.15) is 4.72 Å². The molecule has 0 saturated heterocycles. The fourth-order valence-corrected chi connectivity index (χ4v) is 2.91. The Balaban J connectivity index is 2.90. The molecule has 0 aliphatic carbocycles. The average molecular weight is 252 g/mol. The predicted molar refractivity (Wildman–Crippen MR) is 69.5 cm³/mol. The first-order chi connectivity index (χ1) is 7.76. The molecule has 0 radical (unpaired) electrons. The number of benzene rings is 1. The molecule has 0 spiro atoms. The minimum atomic E-state index is -3.50. The fraction of sp³-hybridized carbons (Fsp3) is 0.333. The van der Waals surface area contributed by atoms with Crippen molar-refractivity contribution in [2.45, 2.75) is 25.1 Å². The van der Waals surface area contributed by atoms with E-state index < -0.39 is 15.6 Å². The van der Waals surface area contributed by atoms with Gasteiger partial charge >= 0.3 is 0 Å². The molecule has 0 amide bonds. The Morgan fingerprint density at radius 1 is 1.41 bits per heavy atom. The highest BCUT2D eigenvalue weighted by Crippen LogP contribution is 2.15. The van der Waals surface area contributed by atoms with Crippen LogP contribution in [0.25, 0.3) is 0 Å². The van der Waals surface area contributed by atoms with E-state index in [0.717, 1.165) is 0 Å². The van der Waals surface area contributed by atoms with Gasteiger partial charge in [-0.25, -0.2) is 8.42 Å². The first-order valence-electron chi connectivity index (χ1n) is 5.08. The minimum absolute atomic E-state index is 0.176. The maximum Gasteiger partial charge on any atom is 0.217 e. The molecule has 0 atom stereocenters. The SMILES string of the molecule is C#CC(C)(C)NS(=O)(=O)Cc1ccccc1N. The molecular formula is C12H16N2O2S. The number of terminal acetylenes is 1. The number of nitrogens with two attached hydrogens (primary N) is 1. The summed E-state index contributed by atoms with van der Waals surface area (Å²) in [6, 6.07) is 6.84. The first kappa shape index (κ1) is 13.6. The topological polar surface area (TPSA) is 72.2 Å². The molecule has 0 aliphatic heterocycles. The summed E-state index contributed by atoms with van der Waals surface area (Å²) in [7, 11) is -3.50. The van der Waals surface area contributed by atoms with Crippen molar-refractivity contribution in [3.63, 3.8) is 0 Å². The fourth-order valence-electron chi connectivity index (χ4n) is 1.32. The Labute approximate surface area is 102 Å². The Kier molecular flexibility index (Phi) is 3.81. The van der Waals surface area contributed by atoms with Crippen LogP contribution in [0, 0.1) is 12.3 Å². The van der Waals surface area contributed by atoms with Crippen molar-refractivity contribution in [1.29, 1.82) is 0 Å². The van der Waals surface area contributed by atoms with Crippen LogP contribution in [-0.4, -0.2) is 14.0 Å². The van der Waals surface area contributed by atoms with Gasteiger partial charge in [0, 0.05) is 5.69 Å². The number of hydrogen-bond acceptors (Lipinski definition) is 3. The van der Waals surface area contributed by atoms with Crippen molar-refractivity contribution < 1.29 is 8.42 Å². The van der Waals surface area contributed by atoms with Crippen LogP contribution in [0.2, 0.25) is 0 Å². The lowest BCUT2D eigenvalue weighted by atomic mass is 10.1. The quantitative estimate of drug-likeness (QED) is 0.622. The summed E-state index contributed by atoms with van der Waals surface area (Å²) in [5.74, 6) is 2.20. The van der Waals surface area contributed by atoms with Gasteiger partial charge in [-0.05, 0) is 25.5 Å². The van der Waals surface area contributed by atoms with Crippen molar-refractivity contribution in [2.75, 3.05) is 5.73 Å². The summed E-state index contributed by atoms with van der Waals surface area (Å²) in [4.78, 5) is 0. The Morgan fingerprint density at radius 2 is 2.00 bits per heavy atom.